The second kappa shape index (κ2) is 21.0. The Balaban J connectivity index is 1.67. The van der Waals surface area contributed by atoms with Crippen LogP contribution in [-0.2, 0) is 38.2 Å². The number of likely N-dealkylation sites (tertiary alicyclic amines) is 1. The van der Waals surface area contributed by atoms with Gasteiger partial charge in [-0.15, -0.1) is 0 Å². The Hall–Kier alpha value is -3.34. The molecule has 0 bridgehead atoms. The van der Waals surface area contributed by atoms with E-state index in [9.17, 15) is 33.9 Å². The average molecular weight is 698 g/mol. The minimum atomic E-state index is -1.08. The molecule has 2 aliphatic rings. The van der Waals surface area contributed by atoms with E-state index in [0.29, 0.717) is 45.3 Å². The van der Waals surface area contributed by atoms with E-state index in [-0.39, 0.29) is 87.3 Å². The molecule has 16 nitrogen and oxygen atoms in total. The number of aliphatic hydroxyl groups excluding tert-OH is 1. The van der Waals surface area contributed by atoms with E-state index in [1.807, 2.05) is 27.7 Å². The van der Waals surface area contributed by atoms with E-state index >= 15 is 0 Å². The SMILES string of the molecule is CCC(=O)N[C@@H](C)C(=O)N1CCC[C@H]1C(=O)NCC(=O)NC1(C(=O)NCCOCCOCC(O)NCCCNC(=O)C(C)C)CC1C(C)C. The summed E-state index contributed by atoms with van der Waals surface area (Å²) in [5.41, 5.74) is -1.08. The van der Waals surface area contributed by atoms with Crippen LogP contribution in [0.4, 0.5) is 0 Å². The summed E-state index contributed by atoms with van der Waals surface area (Å²) in [5.74, 6) is -1.89. The largest absolute Gasteiger partial charge is 0.377 e. The Kier molecular flexibility index (Phi) is 17.9. The van der Waals surface area contributed by atoms with Gasteiger partial charge < -0.3 is 46.1 Å². The van der Waals surface area contributed by atoms with Gasteiger partial charge in [0.2, 0.25) is 35.4 Å². The summed E-state index contributed by atoms with van der Waals surface area (Å²) in [5, 5.41) is 26.6. The zero-order chi connectivity index (χ0) is 36.6. The number of rotatable bonds is 23. The van der Waals surface area contributed by atoms with E-state index < -0.39 is 35.7 Å². The summed E-state index contributed by atoms with van der Waals surface area (Å²) in [7, 11) is 0. The van der Waals surface area contributed by atoms with Gasteiger partial charge in [0.15, 0.2) is 0 Å². The van der Waals surface area contributed by atoms with Crippen LogP contribution in [0.5, 0.6) is 0 Å². The highest BCUT2D eigenvalue weighted by Crippen LogP contribution is 2.48. The van der Waals surface area contributed by atoms with Crippen LogP contribution >= 0.6 is 0 Å². The van der Waals surface area contributed by atoms with Crippen LogP contribution < -0.4 is 31.9 Å². The Morgan fingerprint density at radius 2 is 1.61 bits per heavy atom. The standard InChI is InChI=1S/C33H59N7O9/c1-7-26(41)38-23(6)31(46)40-14-8-10-25(40)30(45)37-19-27(42)39-33(18-24(33)21(2)3)32(47)36-13-15-48-16-17-49-20-28(43)34-11-9-12-35-29(44)22(4)5/h21-25,28,34,43H,7-20H2,1-6H3,(H,35,44)(H,36,47)(H,37,45)(H,38,41)(H,39,42)/t23-,24?,25-,28?,33?/m0/s1. The predicted molar refractivity (Wildman–Crippen MR) is 181 cm³/mol. The molecule has 1 aliphatic carbocycles. The number of amides is 6. The molecule has 2 rings (SSSR count). The highest BCUT2D eigenvalue weighted by atomic mass is 16.5. The Labute approximate surface area is 289 Å². The van der Waals surface area contributed by atoms with Crippen molar-refractivity contribution in [2.45, 2.75) is 97.5 Å². The van der Waals surface area contributed by atoms with Crippen molar-refractivity contribution in [3.63, 3.8) is 0 Å². The molecule has 280 valence electrons. The van der Waals surface area contributed by atoms with Gasteiger partial charge in [-0.05, 0) is 51.0 Å². The zero-order valence-corrected chi connectivity index (χ0v) is 30.0. The summed E-state index contributed by atoms with van der Waals surface area (Å²) in [4.78, 5) is 76.6. The van der Waals surface area contributed by atoms with Crippen LogP contribution in [0.1, 0.15) is 73.6 Å². The van der Waals surface area contributed by atoms with Gasteiger partial charge in [0.1, 0.15) is 23.9 Å². The number of carbonyl (C=O) groups excluding carboxylic acids is 6. The number of hydrogen-bond donors (Lipinski definition) is 7. The number of nitrogens with zero attached hydrogens (tertiary/aromatic N) is 1. The molecular formula is C33H59N7O9. The maximum absolute atomic E-state index is 13.2. The topological polar surface area (TPSA) is 217 Å². The summed E-state index contributed by atoms with van der Waals surface area (Å²) in [6.45, 7) is 13.0. The van der Waals surface area contributed by atoms with E-state index in [0.717, 1.165) is 0 Å². The summed E-state index contributed by atoms with van der Waals surface area (Å²) < 4.78 is 10.9. The first-order valence-corrected chi connectivity index (χ1v) is 17.5. The van der Waals surface area contributed by atoms with Gasteiger partial charge in [0.05, 0.1) is 33.0 Å². The molecule has 3 unspecified atom stereocenters. The zero-order valence-electron chi connectivity index (χ0n) is 30.0. The molecule has 1 saturated carbocycles. The van der Waals surface area contributed by atoms with E-state index in [1.165, 1.54) is 4.90 Å². The lowest BCUT2D eigenvalue weighted by atomic mass is 10.0. The molecule has 49 heavy (non-hydrogen) atoms. The van der Waals surface area contributed by atoms with Crippen molar-refractivity contribution in [2.24, 2.45) is 17.8 Å². The van der Waals surface area contributed by atoms with Crippen LogP contribution in [0.3, 0.4) is 0 Å². The summed E-state index contributed by atoms with van der Waals surface area (Å²) in [6.07, 6.45) is 1.62. The van der Waals surface area contributed by atoms with Crippen LogP contribution in [0.15, 0.2) is 0 Å². The molecule has 1 saturated heterocycles. The Morgan fingerprint density at radius 1 is 0.898 bits per heavy atom. The third kappa shape index (κ3) is 13.8. The van der Waals surface area contributed by atoms with Crippen molar-refractivity contribution >= 4 is 35.4 Å². The highest BCUT2D eigenvalue weighted by Gasteiger charge is 2.61. The molecule has 0 radical (unpaired) electrons. The maximum Gasteiger partial charge on any atom is 0.246 e. The molecule has 16 heteroatoms. The quantitative estimate of drug-likeness (QED) is 0.0498. The van der Waals surface area contributed by atoms with Crippen LogP contribution in [0.25, 0.3) is 0 Å². The monoisotopic (exact) mass is 697 g/mol. The molecule has 6 amide bonds. The first kappa shape index (κ1) is 41.8. The third-order valence-corrected chi connectivity index (χ3v) is 8.65. The molecular weight excluding hydrogens is 638 g/mol. The number of nitrogens with one attached hydrogen (secondary N) is 6. The second-order valence-corrected chi connectivity index (χ2v) is 13.3. The van der Waals surface area contributed by atoms with Crippen molar-refractivity contribution in [1.82, 2.24) is 36.8 Å². The lowest BCUT2D eigenvalue weighted by Gasteiger charge is -2.27. The van der Waals surface area contributed by atoms with Crippen LogP contribution in [-0.4, -0.2) is 128 Å². The van der Waals surface area contributed by atoms with Gasteiger partial charge >= 0.3 is 0 Å². The lowest BCUT2D eigenvalue weighted by molar-refractivity contribution is -0.141. The second-order valence-electron chi connectivity index (χ2n) is 13.3. The minimum absolute atomic E-state index is 0.00409. The van der Waals surface area contributed by atoms with E-state index in [1.54, 1.807) is 13.8 Å². The van der Waals surface area contributed by atoms with E-state index in [2.05, 4.69) is 31.9 Å². The van der Waals surface area contributed by atoms with Crippen LogP contribution in [0, 0.1) is 17.8 Å². The van der Waals surface area contributed by atoms with Gasteiger partial charge in [-0.25, -0.2) is 0 Å². The number of ether oxygens (including phenoxy) is 2. The fraction of sp³-hybridized carbons (Fsp3) is 0.818. The van der Waals surface area contributed by atoms with Gasteiger partial charge in [-0.2, -0.15) is 0 Å². The molecule has 0 aromatic heterocycles. The molecule has 0 spiro atoms. The normalized spacial score (nSPS) is 21.2. The highest BCUT2D eigenvalue weighted by molar-refractivity contribution is 5.97. The van der Waals surface area contributed by atoms with Crippen molar-refractivity contribution in [2.75, 3.05) is 59.2 Å². The van der Waals surface area contributed by atoms with Gasteiger partial charge in [-0.1, -0.05) is 34.6 Å². The number of carbonyl (C=O) groups is 6. The molecule has 2 fully saturated rings. The van der Waals surface area contributed by atoms with Gasteiger partial charge in [0.25, 0.3) is 0 Å². The van der Waals surface area contributed by atoms with Crippen molar-refractivity contribution in [1.29, 1.82) is 0 Å². The van der Waals surface area contributed by atoms with Crippen LogP contribution in [0.2, 0.25) is 0 Å². The Morgan fingerprint density at radius 3 is 2.27 bits per heavy atom. The lowest BCUT2D eigenvalue weighted by Crippen LogP contribution is -2.55. The fourth-order valence-corrected chi connectivity index (χ4v) is 5.73. The third-order valence-electron chi connectivity index (χ3n) is 8.65. The van der Waals surface area contributed by atoms with Crippen molar-refractivity contribution < 1.29 is 43.3 Å². The number of hydrogen-bond acceptors (Lipinski definition) is 10. The van der Waals surface area contributed by atoms with Gasteiger partial charge in [-0.3, -0.25) is 34.1 Å². The van der Waals surface area contributed by atoms with Crippen molar-refractivity contribution in [3.8, 4) is 0 Å². The molecule has 1 heterocycles. The summed E-state index contributed by atoms with van der Waals surface area (Å²) in [6, 6.07) is -1.50. The summed E-state index contributed by atoms with van der Waals surface area (Å²) >= 11 is 0. The molecule has 0 aromatic carbocycles. The molecule has 5 atom stereocenters. The first-order valence-electron chi connectivity index (χ1n) is 17.5. The predicted octanol–water partition coefficient (Wildman–Crippen LogP) is -1.24. The maximum atomic E-state index is 13.2. The minimum Gasteiger partial charge on any atom is -0.377 e. The number of aliphatic hydroxyl groups is 1. The molecule has 7 N–H and O–H groups in total. The van der Waals surface area contributed by atoms with Crippen molar-refractivity contribution in [3.05, 3.63) is 0 Å². The fourth-order valence-electron chi connectivity index (χ4n) is 5.73. The van der Waals surface area contributed by atoms with E-state index in [4.69, 9.17) is 9.47 Å². The van der Waals surface area contributed by atoms with Gasteiger partial charge in [0, 0.05) is 32.0 Å². The molecule has 0 aromatic rings. The Bertz CT molecular complexity index is 1120. The smallest absolute Gasteiger partial charge is 0.246 e. The average Bonchev–Trinajstić information content (AvgIpc) is 3.59. The molecule has 1 aliphatic heterocycles. The first-order chi connectivity index (χ1) is 23.2.